The molecule has 0 aromatic heterocycles. The molecule has 0 bridgehead atoms. The minimum Gasteiger partial charge on any atom is -0.481 e. The Morgan fingerprint density at radius 1 is 1.35 bits per heavy atom. The summed E-state index contributed by atoms with van der Waals surface area (Å²) < 4.78 is 4.71. The lowest BCUT2D eigenvalue weighted by Crippen LogP contribution is -2.57. The number of likely N-dealkylation sites (tertiary alicyclic amines) is 1. The van der Waals surface area contributed by atoms with Crippen molar-refractivity contribution in [2.24, 2.45) is 0 Å². The predicted octanol–water partition coefficient (Wildman–Crippen LogP) is 0.977. The maximum atomic E-state index is 12.2. The molecule has 0 radical (unpaired) electrons. The number of methoxy groups -OCH3 is 1. The average Bonchev–Trinajstić information content (AvgIpc) is 2.35. The van der Waals surface area contributed by atoms with Gasteiger partial charge in [0.05, 0.1) is 13.5 Å². The molecule has 0 aromatic carbocycles. The molecule has 1 unspecified atom stereocenters. The molecule has 7 heteroatoms. The molecule has 1 fully saturated rings. The van der Waals surface area contributed by atoms with Crippen LogP contribution in [-0.2, 0) is 14.3 Å². The predicted molar refractivity (Wildman–Crippen MR) is 71.2 cm³/mol. The molecule has 2 N–H and O–H groups in total. The number of esters is 1. The first-order valence-corrected chi connectivity index (χ1v) is 6.65. The van der Waals surface area contributed by atoms with Crippen LogP contribution in [0.15, 0.2) is 0 Å². The minimum absolute atomic E-state index is 0.185. The number of carboxylic acids is 1. The molecule has 0 saturated carbocycles. The molecule has 1 aliphatic heterocycles. The van der Waals surface area contributed by atoms with E-state index in [4.69, 9.17) is 9.84 Å². The largest absolute Gasteiger partial charge is 0.481 e. The first-order valence-electron chi connectivity index (χ1n) is 6.65. The van der Waals surface area contributed by atoms with Crippen LogP contribution < -0.4 is 5.32 Å². The van der Waals surface area contributed by atoms with Crippen molar-refractivity contribution < 1.29 is 24.2 Å². The highest BCUT2D eigenvalue weighted by molar-refractivity contribution is 5.84. The van der Waals surface area contributed by atoms with Gasteiger partial charge in [-0.25, -0.2) is 9.59 Å². The lowest BCUT2D eigenvalue weighted by Gasteiger charge is -2.36. The maximum absolute atomic E-state index is 12.2. The first-order chi connectivity index (χ1) is 9.26. The fraction of sp³-hybridized carbons (Fsp3) is 0.769. The van der Waals surface area contributed by atoms with E-state index in [-0.39, 0.29) is 6.42 Å². The number of carboxylic acid groups (broad SMARTS) is 1. The van der Waals surface area contributed by atoms with E-state index in [1.165, 1.54) is 12.0 Å². The molecule has 1 saturated heterocycles. The summed E-state index contributed by atoms with van der Waals surface area (Å²) in [4.78, 5) is 36.1. The second kappa shape index (κ2) is 6.58. The van der Waals surface area contributed by atoms with Gasteiger partial charge >= 0.3 is 18.0 Å². The minimum atomic E-state index is -0.988. The molecule has 0 aliphatic carbocycles. The summed E-state index contributed by atoms with van der Waals surface area (Å²) in [6, 6.07) is -1.01. The zero-order valence-electron chi connectivity index (χ0n) is 12.1. The number of nitrogens with one attached hydrogen (secondary N) is 1. The van der Waals surface area contributed by atoms with E-state index in [2.05, 4.69) is 5.32 Å². The topological polar surface area (TPSA) is 95.9 Å². The fourth-order valence-corrected chi connectivity index (χ4v) is 2.34. The molecule has 7 nitrogen and oxygen atoms in total. The Bertz CT molecular complexity index is 394. The van der Waals surface area contributed by atoms with Gasteiger partial charge in [-0.3, -0.25) is 4.79 Å². The van der Waals surface area contributed by atoms with Gasteiger partial charge in [0.15, 0.2) is 0 Å². The van der Waals surface area contributed by atoms with Crippen LogP contribution in [-0.4, -0.2) is 53.2 Å². The summed E-state index contributed by atoms with van der Waals surface area (Å²) >= 11 is 0. The number of ether oxygens (including phenoxy) is 1. The van der Waals surface area contributed by atoms with Crippen molar-refractivity contribution in [3.8, 4) is 0 Å². The average molecular weight is 286 g/mol. The Morgan fingerprint density at radius 2 is 2.00 bits per heavy atom. The zero-order chi connectivity index (χ0) is 15.3. The Hall–Kier alpha value is -1.79. The summed E-state index contributed by atoms with van der Waals surface area (Å²) in [5.41, 5.74) is -0.874. The summed E-state index contributed by atoms with van der Waals surface area (Å²) in [6.45, 7) is 3.74. The van der Waals surface area contributed by atoms with Crippen LogP contribution in [0.3, 0.4) is 0 Å². The van der Waals surface area contributed by atoms with Crippen LogP contribution in [0, 0.1) is 0 Å². The number of hydrogen-bond acceptors (Lipinski definition) is 4. The van der Waals surface area contributed by atoms with Gasteiger partial charge in [0, 0.05) is 12.1 Å². The third-order valence-corrected chi connectivity index (χ3v) is 3.28. The number of nitrogens with zero attached hydrogens (tertiary/aromatic N) is 1. The number of piperidine rings is 1. The highest BCUT2D eigenvalue weighted by atomic mass is 16.5. The van der Waals surface area contributed by atoms with E-state index in [9.17, 15) is 14.4 Å². The van der Waals surface area contributed by atoms with Gasteiger partial charge in [-0.2, -0.15) is 0 Å². The third-order valence-electron chi connectivity index (χ3n) is 3.28. The number of carbonyl (C=O) groups is 3. The van der Waals surface area contributed by atoms with Crippen LogP contribution in [0.4, 0.5) is 4.79 Å². The van der Waals surface area contributed by atoms with Crippen LogP contribution in [0.2, 0.25) is 0 Å². The molecule has 1 rings (SSSR count). The second-order valence-electron chi connectivity index (χ2n) is 5.61. The third kappa shape index (κ3) is 4.40. The normalized spacial score (nSPS) is 19.4. The number of carbonyl (C=O) groups excluding carboxylic acids is 2. The van der Waals surface area contributed by atoms with Gasteiger partial charge < -0.3 is 20.1 Å². The summed E-state index contributed by atoms with van der Waals surface area (Å²) in [7, 11) is 1.29. The number of hydrogen-bond donors (Lipinski definition) is 2. The first kappa shape index (κ1) is 16.3. The molecule has 1 heterocycles. The number of amides is 2. The Morgan fingerprint density at radius 3 is 2.55 bits per heavy atom. The van der Waals surface area contributed by atoms with Gasteiger partial charge in [0.2, 0.25) is 0 Å². The molecule has 2 amide bonds. The molecule has 20 heavy (non-hydrogen) atoms. The lowest BCUT2D eigenvalue weighted by atomic mass is 10.00. The van der Waals surface area contributed by atoms with Crippen molar-refractivity contribution in [2.45, 2.75) is 51.1 Å². The van der Waals surface area contributed by atoms with Gasteiger partial charge in [-0.05, 0) is 33.1 Å². The van der Waals surface area contributed by atoms with Gasteiger partial charge in [-0.15, -0.1) is 0 Å². The van der Waals surface area contributed by atoms with E-state index in [1.807, 2.05) is 0 Å². The van der Waals surface area contributed by atoms with E-state index in [1.54, 1.807) is 13.8 Å². The molecule has 0 aromatic rings. The van der Waals surface area contributed by atoms with Crippen LogP contribution in [0.25, 0.3) is 0 Å². The quantitative estimate of drug-likeness (QED) is 0.751. The molecule has 1 atom stereocenters. The molecular formula is C13H22N2O5. The lowest BCUT2D eigenvalue weighted by molar-refractivity contribution is -0.147. The van der Waals surface area contributed by atoms with Gasteiger partial charge in [0.1, 0.15) is 6.04 Å². The number of urea groups is 1. The highest BCUT2D eigenvalue weighted by Gasteiger charge is 2.35. The number of aliphatic carboxylic acids is 1. The molecular weight excluding hydrogens is 264 g/mol. The maximum Gasteiger partial charge on any atom is 0.328 e. The van der Waals surface area contributed by atoms with Crippen LogP contribution in [0.1, 0.15) is 39.5 Å². The van der Waals surface area contributed by atoms with Gasteiger partial charge in [-0.1, -0.05) is 0 Å². The van der Waals surface area contributed by atoms with Gasteiger partial charge in [0.25, 0.3) is 0 Å². The number of rotatable bonds is 4. The van der Waals surface area contributed by atoms with Crippen molar-refractivity contribution >= 4 is 18.0 Å². The van der Waals surface area contributed by atoms with E-state index in [0.29, 0.717) is 13.0 Å². The summed E-state index contributed by atoms with van der Waals surface area (Å²) in [6.07, 6.45) is 2.07. The Labute approximate surface area is 118 Å². The summed E-state index contributed by atoms with van der Waals surface area (Å²) in [5, 5.41) is 11.5. The second-order valence-corrected chi connectivity index (χ2v) is 5.61. The summed E-state index contributed by atoms with van der Waals surface area (Å²) in [5.74, 6) is -1.42. The molecule has 114 valence electrons. The van der Waals surface area contributed by atoms with Crippen molar-refractivity contribution in [1.29, 1.82) is 0 Å². The monoisotopic (exact) mass is 286 g/mol. The van der Waals surface area contributed by atoms with E-state index < -0.39 is 29.6 Å². The molecule has 0 spiro atoms. The fourth-order valence-electron chi connectivity index (χ4n) is 2.34. The van der Waals surface area contributed by atoms with E-state index in [0.717, 1.165) is 12.8 Å². The van der Waals surface area contributed by atoms with E-state index >= 15 is 0 Å². The van der Waals surface area contributed by atoms with Crippen LogP contribution >= 0.6 is 0 Å². The van der Waals surface area contributed by atoms with Crippen molar-refractivity contribution in [2.75, 3.05) is 13.7 Å². The smallest absolute Gasteiger partial charge is 0.328 e. The Kier molecular flexibility index (Phi) is 5.35. The van der Waals surface area contributed by atoms with Crippen molar-refractivity contribution in [1.82, 2.24) is 10.2 Å². The highest BCUT2D eigenvalue weighted by Crippen LogP contribution is 2.19. The van der Waals surface area contributed by atoms with Crippen LogP contribution in [0.5, 0.6) is 0 Å². The zero-order valence-corrected chi connectivity index (χ0v) is 12.1. The van der Waals surface area contributed by atoms with Crippen molar-refractivity contribution in [3.63, 3.8) is 0 Å². The molecule has 1 aliphatic rings. The SMILES string of the molecule is COC(=O)C1CCCCN1C(=O)NC(C)(C)CC(=O)O. The Balaban J connectivity index is 2.73. The standard InChI is InChI=1S/C13H22N2O5/c1-13(2,8-10(16)17)14-12(19)15-7-5-4-6-9(15)11(18)20-3/h9H,4-8H2,1-3H3,(H,14,19)(H,16,17). The van der Waals surface area contributed by atoms with Crippen molar-refractivity contribution in [3.05, 3.63) is 0 Å².